The number of hydrogen-bond acceptors (Lipinski definition) is 4. The van der Waals surface area contributed by atoms with Crippen molar-refractivity contribution in [2.45, 2.75) is 38.1 Å². The molecule has 7 heteroatoms. The number of rotatable bonds is 3. The number of hydrogen-bond donors (Lipinski definition) is 1. The van der Waals surface area contributed by atoms with Crippen LogP contribution in [0.25, 0.3) is 0 Å². The summed E-state index contributed by atoms with van der Waals surface area (Å²) >= 11 is 0. The highest BCUT2D eigenvalue weighted by atomic mass is 32.2. The summed E-state index contributed by atoms with van der Waals surface area (Å²) in [6.45, 7) is 6.31. The molecule has 17 heavy (non-hydrogen) atoms. The van der Waals surface area contributed by atoms with Crippen LogP contribution in [0, 0.1) is 25.2 Å². The lowest BCUT2D eigenvalue weighted by atomic mass is 10.1. The Labute approximate surface area is 101 Å². The van der Waals surface area contributed by atoms with Crippen LogP contribution in [0.1, 0.15) is 25.2 Å². The quantitative estimate of drug-likeness (QED) is 0.858. The maximum Gasteiger partial charge on any atom is 0.245 e. The Morgan fingerprint density at radius 2 is 1.94 bits per heavy atom. The highest BCUT2D eigenvalue weighted by molar-refractivity contribution is 7.89. The van der Waals surface area contributed by atoms with Gasteiger partial charge in [-0.1, -0.05) is 0 Å². The number of aromatic nitrogens is 2. The fraction of sp³-hybridized carbons (Fsp3) is 0.600. The summed E-state index contributed by atoms with van der Waals surface area (Å²) in [4.78, 5) is 0.142. The van der Waals surface area contributed by atoms with Crippen molar-refractivity contribution in [3.63, 3.8) is 0 Å². The van der Waals surface area contributed by atoms with E-state index >= 15 is 0 Å². The van der Waals surface area contributed by atoms with E-state index in [-0.39, 0.29) is 4.90 Å². The topological polar surface area (TPSA) is 87.8 Å². The first-order chi connectivity index (χ1) is 7.60. The standard InChI is InChI=1S/C10H16N4O2S/c1-7-9(8(2)14(5)12-7)17(15,16)13-10(3,4)6-11/h13H,1-5H3. The summed E-state index contributed by atoms with van der Waals surface area (Å²) in [5.74, 6) is 0. The second-order valence-electron chi connectivity index (χ2n) is 4.47. The SMILES string of the molecule is Cc1nn(C)c(C)c1S(=O)(=O)NC(C)(C)C#N. The lowest BCUT2D eigenvalue weighted by molar-refractivity contribution is 0.534. The van der Waals surface area contributed by atoms with Crippen molar-refractivity contribution in [3.05, 3.63) is 11.4 Å². The molecular weight excluding hydrogens is 240 g/mol. The van der Waals surface area contributed by atoms with E-state index in [9.17, 15) is 8.42 Å². The number of nitriles is 1. The molecule has 1 N–H and O–H groups in total. The van der Waals surface area contributed by atoms with E-state index in [1.165, 1.54) is 18.5 Å². The Balaban J connectivity index is 3.30. The molecule has 0 aromatic carbocycles. The molecule has 0 radical (unpaired) electrons. The summed E-state index contributed by atoms with van der Waals surface area (Å²) in [7, 11) is -2.05. The van der Waals surface area contributed by atoms with Gasteiger partial charge in [-0.15, -0.1) is 0 Å². The van der Waals surface area contributed by atoms with Crippen LogP contribution < -0.4 is 4.72 Å². The minimum absolute atomic E-state index is 0.142. The predicted molar refractivity (Wildman–Crippen MR) is 62.7 cm³/mol. The normalized spacial score (nSPS) is 12.5. The van der Waals surface area contributed by atoms with E-state index in [4.69, 9.17) is 5.26 Å². The van der Waals surface area contributed by atoms with Crippen LogP contribution >= 0.6 is 0 Å². The van der Waals surface area contributed by atoms with Gasteiger partial charge in [0, 0.05) is 7.05 Å². The van der Waals surface area contributed by atoms with Crippen molar-refractivity contribution in [1.29, 1.82) is 5.26 Å². The molecule has 0 bridgehead atoms. The van der Waals surface area contributed by atoms with E-state index in [2.05, 4.69) is 9.82 Å². The Hall–Kier alpha value is -1.39. The lowest BCUT2D eigenvalue weighted by Crippen LogP contribution is -2.42. The Kier molecular flexibility index (Phi) is 3.32. The number of nitrogens with one attached hydrogen (secondary N) is 1. The summed E-state index contributed by atoms with van der Waals surface area (Å²) in [6.07, 6.45) is 0. The van der Waals surface area contributed by atoms with Gasteiger partial charge in [0.25, 0.3) is 0 Å². The van der Waals surface area contributed by atoms with E-state index in [1.54, 1.807) is 20.9 Å². The van der Waals surface area contributed by atoms with Crippen molar-refractivity contribution >= 4 is 10.0 Å². The molecule has 1 aromatic rings. The van der Waals surface area contributed by atoms with Crippen molar-refractivity contribution in [2.75, 3.05) is 0 Å². The lowest BCUT2D eigenvalue weighted by Gasteiger charge is -2.17. The molecule has 0 atom stereocenters. The Morgan fingerprint density at radius 1 is 1.41 bits per heavy atom. The van der Waals surface area contributed by atoms with E-state index in [0.29, 0.717) is 11.4 Å². The van der Waals surface area contributed by atoms with Gasteiger partial charge in [-0.25, -0.2) is 8.42 Å². The van der Waals surface area contributed by atoms with Gasteiger partial charge in [0.05, 0.1) is 17.5 Å². The van der Waals surface area contributed by atoms with Gasteiger partial charge in [0.2, 0.25) is 10.0 Å². The smallest absolute Gasteiger partial charge is 0.245 e. The van der Waals surface area contributed by atoms with E-state index in [0.717, 1.165) is 0 Å². The number of nitrogens with zero attached hydrogens (tertiary/aromatic N) is 3. The first kappa shape index (κ1) is 13.7. The monoisotopic (exact) mass is 256 g/mol. The zero-order chi connectivity index (χ0) is 13.4. The summed E-state index contributed by atoms with van der Waals surface area (Å²) in [5, 5.41) is 12.9. The molecule has 0 aliphatic carbocycles. The Bertz CT molecular complexity index is 578. The average molecular weight is 256 g/mol. The zero-order valence-electron chi connectivity index (χ0n) is 10.6. The molecule has 0 saturated carbocycles. The minimum Gasteiger partial charge on any atom is -0.271 e. The maximum atomic E-state index is 12.1. The van der Waals surface area contributed by atoms with Crippen LogP contribution in [0.5, 0.6) is 0 Å². The maximum absolute atomic E-state index is 12.1. The minimum atomic E-state index is -3.73. The first-order valence-electron chi connectivity index (χ1n) is 5.06. The van der Waals surface area contributed by atoms with Gasteiger partial charge in [-0.3, -0.25) is 4.68 Å². The molecule has 94 valence electrons. The molecule has 1 rings (SSSR count). The third-order valence-electron chi connectivity index (χ3n) is 2.38. The highest BCUT2D eigenvalue weighted by Gasteiger charge is 2.30. The van der Waals surface area contributed by atoms with Gasteiger partial charge < -0.3 is 0 Å². The van der Waals surface area contributed by atoms with Crippen LogP contribution in [0.15, 0.2) is 4.90 Å². The molecular formula is C10H16N4O2S. The third-order valence-corrected chi connectivity index (χ3v) is 4.29. The molecule has 0 aliphatic rings. The van der Waals surface area contributed by atoms with Crippen LogP contribution in [0.2, 0.25) is 0 Å². The van der Waals surface area contributed by atoms with E-state index in [1.807, 2.05) is 6.07 Å². The molecule has 0 unspecified atom stereocenters. The second-order valence-corrected chi connectivity index (χ2v) is 6.09. The van der Waals surface area contributed by atoms with Crippen molar-refractivity contribution in [3.8, 4) is 6.07 Å². The largest absolute Gasteiger partial charge is 0.271 e. The van der Waals surface area contributed by atoms with Gasteiger partial charge >= 0.3 is 0 Å². The van der Waals surface area contributed by atoms with Crippen LogP contribution in [-0.2, 0) is 17.1 Å². The summed E-state index contributed by atoms with van der Waals surface area (Å²) in [6, 6.07) is 1.90. The van der Waals surface area contributed by atoms with Gasteiger partial charge in [0.1, 0.15) is 10.4 Å². The molecule has 0 fully saturated rings. The molecule has 1 aromatic heterocycles. The van der Waals surface area contributed by atoms with Crippen LogP contribution in [0.3, 0.4) is 0 Å². The fourth-order valence-corrected chi connectivity index (χ4v) is 3.32. The summed E-state index contributed by atoms with van der Waals surface area (Å²) < 4.78 is 28.1. The average Bonchev–Trinajstić information content (AvgIpc) is 2.39. The second kappa shape index (κ2) is 4.13. The highest BCUT2D eigenvalue weighted by Crippen LogP contribution is 2.20. The number of aryl methyl sites for hydroxylation is 2. The third kappa shape index (κ3) is 2.65. The predicted octanol–water partition coefficient (Wildman–Crippen LogP) is 0.617. The van der Waals surface area contributed by atoms with Gasteiger partial charge in [0.15, 0.2) is 0 Å². The fourth-order valence-electron chi connectivity index (χ4n) is 1.55. The Morgan fingerprint density at radius 3 is 2.29 bits per heavy atom. The van der Waals surface area contributed by atoms with Crippen molar-refractivity contribution in [2.24, 2.45) is 7.05 Å². The van der Waals surface area contributed by atoms with Crippen LogP contribution in [-0.4, -0.2) is 23.7 Å². The first-order valence-corrected chi connectivity index (χ1v) is 6.54. The zero-order valence-corrected chi connectivity index (χ0v) is 11.4. The summed E-state index contributed by atoms with van der Waals surface area (Å²) in [5.41, 5.74) is -0.178. The number of sulfonamides is 1. The molecule has 0 amide bonds. The van der Waals surface area contributed by atoms with Gasteiger partial charge in [-0.05, 0) is 27.7 Å². The molecule has 0 aliphatic heterocycles. The van der Waals surface area contributed by atoms with Crippen molar-refractivity contribution < 1.29 is 8.42 Å². The van der Waals surface area contributed by atoms with Crippen molar-refractivity contribution in [1.82, 2.24) is 14.5 Å². The molecule has 0 spiro atoms. The van der Waals surface area contributed by atoms with E-state index < -0.39 is 15.6 Å². The van der Waals surface area contributed by atoms with Crippen LogP contribution in [0.4, 0.5) is 0 Å². The molecule has 6 nitrogen and oxygen atoms in total. The molecule has 1 heterocycles. The van der Waals surface area contributed by atoms with Gasteiger partial charge in [-0.2, -0.15) is 15.1 Å². The molecule has 0 saturated heterocycles.